The summed E-state index contributed by atoms with van der Waals surface area (Å²) in [6.45, 7) is 0. The van der Waals surface area contributed by atoms with Gasteiger partial charge in [0.1, 0.15) is 11.2 Å². The van der Waals surface area contributed by atoms with E-state index >= 15 is 0 Å². The SMILES string of the molecule is c1ccc2c(-n3c4ccccc4c4cc(-c5ccc6c(c5)c5ccccc5n6-c5ccc6c(c5)oc5ccccc56)ccc43)cccc2c1. The van der Waals surface area contributed by atoms with E-state index < -0.39 is 0 Å². The molecule has 0 bridgehead atoms. The quantitative estimate of drug-likeness (QED) is 0.192. The standard InChI is InChI=1S/C46H28N2O/c1-2-12-33-29(10-1)11-9-18-40(33)48-42-17-7-4-14-35(42)39-27-31(21-25-44(39)48)30-20-24-43-38(26-30)34-13-3-6-16-41(34)47(43)32-22-23-37-36-15-5-8-19-45(36)49-46(37)28-32/h1-28H. The van der Waals surface area contributed by atoms with Gasteiger partial charge in [0.05, 0.1) is 27.8 Å². The van der Waals surface area contributed by atoms with E-state index in [0.29, 0.717) is 0 Å². The lowest BCUT2D eigenvalue weighted by Crippen LogP contribution is -1.95. The first-order valence-corrected chi connectivity index (χ1v) is 16.8. The van der Waals surface area contributed by atoms with Crippen molar-refractivity contribution in [2.75, 3.05) is 0 Å². The van der Waals surface area contributed by atoms with Crippen LogP contribution in [0.1, 0.15) is 0 Å². The number of hydrogen-bond donors (Lipinski definition) is 0. The molecule has 3 aromatic heterocycles. The third kappa shape index (κ3) is 3.78. The minimum absolute atomic E-state index is 0.900. The van der Waals surface area contributed by atoms with Gasteiger partial charge in [-0.05, 0) is 77.2 Å². The highest BCUT2D eigenvalue weighted by Crippen LogP contribution is 2.40. The molecule has 11 rings (SSSR count). The van der Waals surface area contributed by atoms with Gasteiger partial charge in [0.2, 0.25) is 0 Å². The molecule has 228 valence electrons. The second-order valence-corrected chi connectivity index (χ2v) is 12.9. The molecule has 0 saturated heterocycles. The minimum atomic E-state index is 0.900. The van der Waals surface area contributed by atoms with E-state index in [4.69, 9.17) is 4.42 Å². The van der Waals surface area contributed by atoms with Crippen LogP contribution in [-0.4, -0.2) is 9.13 Å². The van der Waals surface area contributed by atoms with E-state index in [1.165, 1.54) is 71.2 Å². The Bertz CT molecular complexity index is 3110. The number of hydrogen-bond acceptors (Lipinski definition) is 1. The Balaban J connectivity index is 1.10. The van der Waals surface area contributed by atoms with Gasteiger partial charge in [-0.25, -0.2) is 0 Å². The zero-order valence-corrected chi connectivity index (χ0v) is 26.5. The van der Waals surface area contributed by atoms with E-state index in [0.717, 1.165) is 27.6 Å². The Morgan fingerprint density at radius 1 is 0.327 bits per heavy atom. The minimum Gasteiger partial charge on any atom is -0.456 e. The molecule has 0 amide bonds. The topological polar surface area (TPSA) is 23.0 Å². The van der Waals surface area contributed by atoms with Gasteiger partial charge in [-0.3, -0.25) is 0 Å². The van der Waals surface area contributed by atoms with Crippen molar-refractivity contribution >= 4 is 76.3 Å². The predicted molar refractivity (Wildman–Crippen MR) is 205 cm³/mol. The van der Waals surface area contributed by atoms with Crippen LogP contribution in [0.2, 0.25) is 0 Å². The van der Waals surface area contributed by atoms with E-state index in [1.807, 2.05) is 12.1 Å². The molecule has 0 fully saturated rings. The molecular weight excluding hydrogens is 597 g/mol. The lowest BCUT2D eigenvalue weighted by Gasteiger charge is -2.12. The maximum atomic E-state index is 6.29. The second-order valence-electron chi connectivity index (χ2n) is 12.9. The van der Waals surface area contributed by atoms with E-state index in [1.54, 1.807) is 0 Å². The van der Waals surface area contributed by atoms with Crippen LogP contribution in [-0.2, 0) is 0 Å². The maximum Gasteiger partial charge on any atom is 0.137 e. The first-order valence-electron chi connectivity index (χ1n) is 16.8. The molecular formula is C46H28N2O. The Morgan fingerprint density at radius 2 is 0.878 bits per heavy atom. The molecule has 0 spiro atoms. The fourth-order valence-corrected chi connectivity index (χ4v) is 8.10. The van der Waals surface area contributed by atoms with Gasteiger partial charge < -0.3 is 13.6 Å². The molecule has 0 N–H and O–H groups in total. The van der Waals surface area contributed by atoms with Gasteiger partial charge in [-0.15, -0.1) is 0 Å². The number of aromatic nitrogens is 2. The van der Waals surface area contributed by atoms with Gasteiger partial charge in [-0.2, -0.15) is 0 Å². The average molecular weight is 625 g/mol. The van der Waals surface area contributed by atoms with Gasteiger partial charge in [0.15, 0.2) is 0 Å². The largest absolute Gasteiger partial charge is 0.456 e. The number of benzene rings is 8. The zero-order chi connectivity index (χ0) is 32.1. The highest BCUT2D eigenvalue weighted by Gasteiger charge is 2.17. The Labute approximate surface area is 281 Å². The molecule has 0 radical (unpaired) electrons. The maximum absolute atomic E-state index is 6.29. The van der Waals surface area contributed by atoms with Crippen LogP contribution in [0, 0.1) is 0 Å². The van der Waals surface area contributed by atoms with Gasteiger partial charge in [0, 0.05) is 49.5 Å². The van der Waals surface area contributed by atoms with Crippen molar-refractivity contribution in [3.63, 3.8) is 0 Å². The summed E-state index contributed by atoms with van der Waals surface area (Å²) in [5.41, 5.74) is 11.3. The van der Waals surface area contributed by atoms with E-state index in [9.17, 15) is 0 Å². The number of furan rings is 1. The van der Waals surface area contributed by atoms with Crippen LogP contribution in [0.4, 0.5) is 0 Å². The van der Waals surface area contributed by atoms with E-state index in [-0.39, 0.29) is 0 Å². The first kappa shape index (κ1) is 26.5. The van der Waals surface area contributed by atoms with Gasteiger partial charge in [-0.1, -0.05) is 103 Å². The molecule has 0 saturated carbocycles. The van der Waals surface area contributed by atoms with Crippen LogP contribution in [0.3, 0.4) is 0 Å². The normalized spacial score (nSPS) is 12.1. The molecule has 11 aromatic rings. The Hall–Kier alpha value is -6.58. The number of fused-ring (bicyclic) bond motifs is 10. The summed E-state index contributed by atoms with van der Waals surface area (Å²) in [6, 6.07) is 61.4. The number of rotatable bonds is 3. The molecule has 3 heteroatoms. The fraction of sp³-hybridized carbons (Fsp3) is 0. The van der Waals surface area contributed by atoms with Gasteiger partial charge >= 0.3 is 0 Å². The van der Waals surface area contributed by atoms with Crippen molar-refractivity contribution in [2.24, 2.45) is 0 Å². The summed E-state index contributed by atoms with van der Waals surface area (Å²) >= 11 is 0. The smallest absolute Gasteiger partial charge is 0.137 e. The molecule has 3 nitrogen and oxygen atoms in total. The summed E-state index contributed by atoms with van der Waals surface area (Å²) in [6.07, 6.45) is 0. The van der Waals surface area contributed by atoms with E-state index in [2.05, 4.69) is 167 Å². The molecule has 0 aliphatic rings. The number of nitrogens with zero attached hydrogens (tertiary/aromatic N) is 2. The Kier molecular flexibility index (Phi) is 5.38. The van der Waals surface area contributed by atoms with Gasteiger partial charge in [0.25, 0.3) is 0 Å². The predicted octanol–water partition coefficient (Wildman–Crippen LogP) is 12.6. The van der Waals surface area contributed by atoms with Crippen LogP contribution < -0.4 is 0 Å². The van der Waals surface area contributed by atoms with Crippen molar-refractivity contribution in [1.82, 2.24) is 9.13 Å². The second kappa shape index (κ2) is 9.96. The third-order valence-electron chi connectivity index (χ3n) is 10.3. The lowest BCUT2D eigenvalue weighted by atomic mass is 10.0. The summed E-state index contributed by atoms with van der Waals surface area (Å²) in [5, 5.41) is 9.75. The lowest BCUT2D eigenvalue weighted by molar-refractivity contribution is 0.668. The number of para-hydroxylation sites is 3. The summed E-state index contributed by atoms with van der Waals surface area (Å²) < 4.78 is 11.1. The molecule has 0 aliphatic heterocycles. The summed E-state index contributed by atoms with van der Waals surface area (Å²) in [7, 11) is 0. The van der Waals surface area contributed by atoms with Crippen LogP contribution in [0.5, 0.6) is 0 Å². The fourth-order valence-electron chi connectivity index (χ4n) is 8.10. The van der Waals surface area contributed by atoms with Crippen molar-refractivity contribution in [3.8, 4) is 22.5 Å². The Morgan fingerprint density at radius 3 is 1.63 bits per heavy atom. The highest BCUT2D eigenvalue weighted by molar-refractivity contribution is 6.14. The van der Waals surface area contributed by atoms with Crippen LogP contribution in [0.15, 0.2) is 174 Å². The monoisotopic (exact) mass is 624 g/mol. The third-order valence-corrected chi connectivity index (χ3v) is 10.3. The van der Waals surface area contributed by atoms with Crippen LogP contribution in [0.25, 0.3) is 98.8 Å². The summed E-state index contributed by atoms with van der Waals surface area (Å²) in [4.78, 5) is 0. The van der Waals surface area contributed by atoms with Crippen molar-refractivity contribution in [1.29, 1.82) is 0 Å². The zero-order valence-electron chi connectivity index (χ0n) is 26.5. The molecule has 49 heavy (non-hydrogen) atoms. The molecule has 8 aromatic carbocycles. The summed E-state index contributed by atoms with van der Waals surface area (Å²) in [5.74, 6) is 0. The first-order chi connectivity index (χ1) is 24.3. The van der Waals surface area contributed by atoms with Crippen LogP contribution >= 0.6 is 0 Å². The highest BCUT2D eigenvalue weighted by atomic mass is 16.3. The van der Waals surface area contributed by atoms with Crippen molar-refractivity contribution in [2.45, 2.75) is 0 Å². The molecule has 0 aliphatic carbocycles. The van der Waals surface area contributed by atoms with Crippen molar-refractivity contribution in [3.05, 3.63) is 170 Å². The molecule has 0 atom stereocenters. The molecule has 0 unspecified atom stereocenters. The average Bonchev–Trinajstić information content (AvgIpc) is 3.81. The molecule has 3 heterocycles. The van der Waals surface area contributed by atoms with Crippen molar-refractivity contribution < 1.29 is 4.42 Å².